The van der Waals surface area contributed by atoms with Gasteiger partial charge in [0.05, 0.1) is 5.69 Å². The monoisotopic (exact) mass is 354 g/mol. The number of hydrogen-bond acceptors (Lipinski definition) is 3. The van der Waals surface area contributed by atoms with Crippen molar-refractivity contribution in [2.24, 2.45) is 0 Å². The maximum Gasteiger partial charge on any atom is 0.251 e. The number of nitrogens with zero attached hydrogens (tertiary/aromatic N) is 1. The number of carbonyl (C=O) groups is 1. The molecule has 0 spiro atoms. The molecule has 0 bridgehead atoms. The summed E-state index contributed by atoms with van der Waals surface area (Å²) in [6.45, 7) is 6.31. The van der Waals surface area contributed by atoms with Crippen molar-refractivity contribution >= 4 is 23.4 Å². The van der Waals surface area contributed by atoms with E-state index in [2.05, 4.69) is 48.3 Å². The highest BCUT2D eigenvalue weighted by molar-refractivity contribution is 7.99. The summed E-state index contributed by atoms with van der Waals surface area (Å²) in [5.41, 5.74) is 3.21. The second-order valence-corrected chi connectivity index (χ2v) is 7.52. The lowest BCUT2D eigenvalue weighted by molar-refractivity contribution is 0.0935. The van der Waals surface area contributed by atoms with Crippen LogP contribution in [0, 0.1) is 0 Å². The number of hydrogen-bond donors (Lipinski definition) is 1. The molecule has 3 nitrogen and oxygen atoms in total. The molecule has 2 aromatic rings. The molecule has 1 atom stereocenters. The quantitative estimate of drug-likeness (QED) is 0.836. The molecule has 0 fully saturated rings. The maximum absolute atomic E-state index is 12.7. The number of thioether (sulfide) groups is 1. The fourth-order valence-electron chi connectivity index (χ4n) is 3.21. The molecule has 1 aliphatic rings. The van der Waals surface area contributed by atoms with Crippen LogP contribution in [-0.2, 0) is 6.42 Å². The van der Waals surface area contributed by atoms with Crippen molar-refractivity contribution in [2.75, 3.05) is 23.7 Å². The van der Waals surface area contributed by atoms with Gasteiger partial charge in [0.25, 0.3) is 5.91 Å². The van der Waals surface area contributed by atoms with Crippen LogP contribution in [0.5, 0.6) is 0 Å². The number of carbonyl (C=O) groups excluding carboxylic acids is 1. The first-order chi connectivity index (χ1) is 12.2. The van der Waals surface area contributed by atoms with Crippen LogP contribution in [0.25, 0.3) is 0 Å². The minimum Gasteiger partial charge on any atom is -0.370 e. The average Bonchev–Trinajstić information content (AvgIpc) is 2.67. The fourth-order valence-corrected chi connectivity index (χ4v) is 4.24. The Morgan fingerprint density at radius 2 is 2.00 bits per heavy atom. The van der Waals surface area contributed by atoms with Gasteiger partial charge in [0, 0.05) is 35.3 Å². The van der Waals surface area contributed by atoms with Crippen molar-refractivity contribution in [3.8, 4) is 0 Å². The van der Waals surface area contributed by atoms with E-state index < -0.39 is 0 Å². The van der Waals surface area contributed by atoms with Crippen molar-refractivity contribution in [3.05, 3.63) is 59.7 Å². The van der Waals surface area contributed by atoms with Crippen molar-refractivity contribution < 1.29 is 4.79 Å². The van der Waals surface area contributed by atoms with Gasteiger partial charge in [0.2, 0.25) is 0 Å². The van der Waals surface area contributed by atoms with Gasteiger partial charge < -0.3 is 10.2 Å². The first kappa shape index (κ1) is 17.9. The molecule has 1 amide bonds. The summed E-state index contributed by atoms with van der Waals surface area (Å²) in [7, 11) is 0. The Morgan fingerprint density at radius 3 is 2.72 bits per heavy atom. The Morgan fingerprint density at radius 1 is 1.20 bits per heavy atom. The molecule has 1 N–H and O–H groups in total. The lowest BCUT2D eigenvalue weighted by Crippen LogP contribution is -2.36. The molecule has 25 heavy (non-hydrogen) atoms. The van der Waals surface area contributed by atoms with Gasteiger partial charge in [-0.05, 0) is 43.5 Å². The average molecular weight is 355 g/mol. The number of rotatable bonds is 6. The molecule has 1 heterocycles. The minimum atomic E-state index is 0.0252. The van der Waals surface area contributed by atoms with Gasteiger partial charge in [-0.2, -0.15) is 0 Å². The highest BCUT2D eigenvalue weighted by atomic mass is 32.2. The fraction of sp³-hybridized carbons (Fsp3) is 0.381. The number of amides is 1. The predicted octanol–water partition coefficient (Wildman–Crippen LogP) is 4.37. The molecule has 3 rings (SSSR count). The molecule has 0 saturated heterocycles. The summed E-state index contributed by atoms with van der Waals surface area (Å²) >= 11 is 1.88. The predicted molar refractivity (Wildman–Crippen MR) is 107 cm³/mol. The van der Waals surface area contributed by atoms with E-state index in [9.17, 15) is 4.79 Å². The van der Waals surface area contributed by atoms with Gasteiger partial charge >= 0.3 is 0 Å². The molecule has 132 valence electrons. The Balaban J connectivity index is 1.72. The van der Waals surface area contributed by atoms with Gasteiger partial charge in [-0.3, -0.25) is 4.79 Å². The summed E-state index contributed by atoms with van der Waals surface area (Å²) in [5, 5.41) is 3.21. The first-order valence-corrected chi connectivity index (χ1v) is 10.1. The second kappa shape index (κ2) is 8.43. The molecule has 4 heteroatoms. The number of nitrogens with one attached hydrogen (secondary N) is 1. The highest BCUT2D eigenvalue weighted by Crippen LogP contribution is 2.35. The largest absolute Gasteiger partial charge is 0.370 e. The van der Waals surface area contributed by atoms with Gasteiger partial charge in [-0.25, -0.2) is 0 Å². The zero-order valence-electron chi connectivity index (χ0n) is 15.0. The third kappa shape index (κ3) is 4.37. The van der Waals surface area contributed by atoms with Crippen LogP contribution in [0.3, 0.4) is 0 Å². The second-order valence-electron chi connectivity index (χ2n) is 6.38. The van der Waals surface area contributed by atoms with Crippen LogP contribution in [-0.4, -0.2) is 30.8 Å². The van der Waals surface area contributed by atoms with E-state index in [1.165, 1.54) is 16.1 Å². The third-order valence-corrected chi connectivity index (χ3v) is 5.76. The smallest absolute Gasteiger partial charge is 0.251 e. The summed E-state index contributed by atoms with van der Waals surface area (Å²) in [6, 6.07) is 16.6. The third-order valence-electron chi connectivity index (χ3n) is 4.72. The molecular weight excluding hydrogens is 328 g/mol. The van der Waals surface area contributed by atoms with Crippen LogP contribution in [0.2, 0.25) is 0 Å². The van der Waals surface area contributed by atoms with E-state index in [1.54, 1.807) is 0 Å². The van der Waals surface area contributed by atoms with E-state index in [-0.39, 0.29) is 11.9 Å². The zero-order chi connectivity index (χ0) is 17.6. The molecule has 2 aromatic carbocycles. The standard InChI is InChI=1S/C21H26N2OS/c1-3-18(14-16-8-6-5-7-9-16)22-21(24)17-10-11-20-19(15-17)23(4-2)12-13-25-20/h5-11,15,18H,3-4,12-14H2,1-2H3,(H,22,24)/t18-/m1/s1. The van der Waals surface area contributed by atoms with Crippen LogP contribution in [0.1, 0.15) is 36.2 Å². The van der Waals surface area contributed by atoms with Gasteiger partial charge in [-0.1, -0.05) is 37.3 Å². The van der Waals surface area contributed by atoms with Crippen molar-refractivity contribution in [3.63, 3.8) is 0 Å². The lowest BCUT2D eigenvalue weighted by atomic mass is 10.0. The SMILES string of the molecule is CC[C@H](Cc1ccccc1)NC(=O)c1ccc2c(c1)N(CC)CCS2. The van der Waals surface area contributed by atoms with Crippen molar-refractivity contribution in [1.82, 2.24) is 5.32 Å². The minimum absolute atomic E-state index is 0.0252. The Labute approximate surface area is 154 Å². The van der Waals surface area contributed by atoms with Crippen LogP contribution < -0.4 is 10.2 Å². The Bertz CT molecular complexity index is 717. The zero-order valence-corrected chi connectivity index (χ0v) is 15.8. The molecule has 0 radical (unpaired) electrons. The van der Waals surface area contributed by atoms with Gasteiger partial charge in [-0.15, -0.1) is 11.8 Å². The van der Waals surface area contributed by atoms with Gasteiger partial charge in [0.15, 0.2) is 0 Å². The van der Waals surface area contributed by atoms with E-state index >= 15 is 0 Å². The van der Waals surface area contributed by atoms with E-state index in [0.29, 0.717) is 0 Å². The van der Waals surface area contributed by atoms with E-state index in [4.69, 9.17) is 0 Å². The van der Waals surface area contributed by atoms with Crippen LogP contribution >= 0.6 is 11.8 Å². The van der Waals surface area contributed by atoms with Crippen LogP contribution in [0.15, 0.2) is 53.4 Å². The molecule has 0 unspecified atom stereocenters. The lowest BCUT2D eigenvalue weighted by Gasteiger charge is -2.30. The Kier molecular flexibility index (Phi) is 6.03. The number of anilines is 1. The first-order valence-electron chi connectivity index (χ1n) is 9.07. The van der Waals surface area contributed by atoms with E-state index in [1.807, 2.05) is 36.0 Å². The summed E-state index contributed by atoms with van der Waals surface area (Å²) < 4.78 is 0. The van der Waals surface area contributed by atoms with Gasteiger partial charge in [0.1, 0.15) is 0 Å². The Hall–Kier alpha value is -1.94. The summed E-state index contributed by atoms with van der Waals surface area (Å²) in [4.78, 5) is 16.4. The van der Waals surface area contributed by atoms with Crippen LogP contribution in [0.4, 0.5) is 5.69 Å². The molecule has 0 saturated carbocycles. The van der Waals surface area contributed by atoms with E-state index in [0.717, 1.165) is 37.2 Å². The highest BCUT2D eigenvalue weighted by Gasteiger charge is 2.19. The maximum atomic E-state index is 12.7. The number of benzene rings is 2. The number of fused-ring (bicyclic) bond motifs is 1. The molecule has 0 aromatic heterocycles. The molecular formula is C21H26N2OS. The summed E-state index contributed by atoms with van der Waals surface area (Å²) in [5.74, 6) is 1.14. The van der Waals surface area contributed by atoms with Crippen molar-refractivity contribution in [1.29, 1.82) is 0 Å². The van der Waals surface area contributed by atoms with Crippen molar-refractivity contribution in [2.45, 2.75) is 37.6 Å². The molecule has 1 aliphatic heterocycles. The summed E-state index contributed by atoms with van der Waals surface area (Å²) in [6.07, 6.45) is 1.79. The topological polar surface area (TPSA) is 32.3 Å². The normalized spacial score (nSPS) is 14.7. The molecule has 0 aliphatic carbocycles.